The van der Waals surface area contributed by atoms with E-state index in [0.29, 0.717) is 12.2 Å². The fraction of sp³-hybridized carbons (Fsp3) is 0.231. The van der Waals surface area contributed by atoms with Gasteiger partial charge < -0.3 is 10.5 Å². The smallest absolute Gasteiger partial charge is 0.135 e. The van der Waals surface area contributed by atoms with E-state index in [1.807, 2.05) is 17.5 Å². The Morgan fingerprint density at radius 3 is 3.00 bits per heavy atom. The summed E-state index contributed by atoms with van der Waals surface area (Å²) in [4.78, 5) is 1.16. The van der Waals surface area contributed by atoms with E-state index in [1.165, 1.54) is 12.1 Å². The van der Waals surface area contributed by atoms with E-state index in [4.69, 9.17) is 10.5 Å². The summed E-state index contributed by atoms with van der Waals surface area (Å²) in [6, 6.07) is 8.39. The Bertz CT molecular complexity index is 526. The quantitative estimate of drug-likeness (QED) is 0.840. The van der Waals surface area contributed by atoms with Crippen LogP contribution in [0, 0.1) is 5.82 Å². The van der Waals surface area contributed by atoms with Gasteiger partial charge in [-0.15, -0.1) is 11.3 Å². The largest absolute Gasteiger partial charge is 0.484 e. The van der Waals surface area contributed by atoms with E-state index in [-0.39, 0.29) is 18.0 Å². The van der Waals surface area contributed by atoms with Crippen molar-refractivity contribution in [1.82, 2.24) is 0 Å². The van der Waals surface area contributed by atoms with E-state index >= 15 is 0 Å². The molecule has 1 aliphatic rings. The van der Waals surface area contributed by atoms with Crippen LogP contribution in [-0.2, 0) is 0 Å². The Morgan fingerprint density at radius 1 is 1.35 bits per heavy atom. The summed E-state index contributed by atoms with van der Waals surface area (Å²) in [7, 11) is 0. The summed E-state index contributed by atoms with van der Waals surface area (Å²) in [5, 5.41) is 2.02. The average Bonchev–Trinajstić information content (AvgIpc) is 2.83. The number of fused-ring (bicyclic) bond motifs is 1. The van der Waals surface area contributed by atoms with Crippen LogP contribution in [0.5, 0.6) is 5.75 Å². The first-order valence-electron chi connectivity index (χ1n) is 5.49. The number of hydrogen-bond acceptors (Lipinski definition) is 3. The van der Waals surface area contributed by atoms with Gasteiger partial charge in [-0.05, 0) is 29.6 Å². The monoisotopic (exact) mass is 249 g/mol. The van der Waals surface area contributed by atoms with Crippen LogP contribution >= 0.6 is 11.3 Å². The van der Waals surface area contributed by atoms with Gasteiger partial charge >= 0.3 is 0 Å². The highest BCUT2D eigenvalue weighted by atomic mass is 32.1. The Balaban J connectivity index is 1.96. The highest BCUT2D eigenvalue weighted by Crippen LogP contribution is 2.40. The molecule has 2 heterocycles. The molecule has 2 unspecified atom stereocenters. The second-order valence-electron chi connectivity index (χ2n) is 4.15. The number of rotatable bonds is 1. The molecule has 0 saturated carbocycles. The molecule has 0 aliphatic carbocycles. The van der Waals surface area contributed by atoms with Gasteiger partial charge in [0.05, 0.1) is 0 Å². The lowest BCUT2D eigenvalue weighted by Gasteiger charge is -2.29. The van der Waals surface area contributed by atoms with Crippen molar-refractivity contribution < 1.29 is 9.13 Å². The zero-order valence-electron chi connectivity index (χ0n) is 9.10. The molecule has 88 valence electrons. The number of benzene rings is 1. The Labute approximate surface area is 103 Å². The average molecular weight is 249 g/mol. The summed E-state index contributed by atoms with van der Waals surface area (Å²) < 4.78 is 19.0. The molecule has 1 aromatic carbocycles. The molecule has 0 radical (unpaired) electrons. The van der Waals surface area contributed by atoms with Gasteiger partial charge in [-0.1, -0.05) is 6.07 Å². The zero-order valence-corrected chi connectivity index (χ0v) is 9.91. The highest BCUT2D eigenvalue weighted by Gasteiger charge is 2.27. The van der Waals surface area contributed by atoms with Crippen LogP contribution in [0.15, 0.2) is 35.7 Å². The molecule has 0 saturated heterocycles. The van der Waals surface area contributed by atoms with E-state index in [0.717, 1.165) is 10.4 Å². The van der Waals surface area contributed by atoms with Crippen molar-refractivity contribution in [2.75, 3.05) is 0 Å². The molecule has 17 heavy (non-hydrogen) atoms. The Morgan fingerprint density at radius 2 is 2.24 bits per heavy atom. The third-order valence-corrected chi connectivity index (χ3v) is 3.93. The molecule has 3 rings (SSSR count). The van der Waals surface area contributed by atoms with Crippen LogP contribution in [-0.4, -0.2) is 0 Å². The van der Waals surface area contributed by atoms with Gasteiger partial charge in [0.15, 0.2) is 0 Å². The SMILES string of the molecule is NC1CC(c2cccs2)Oc2ccc(F)cc21. The zero-order chi connectivity index (χ0) is 11.8. The lowest BCUT2D eigenvalue weighted by atomic mass is 9.96. The number of ether oxygens (including phenoxy) is 1. The minimum atomic E-state index is -0.266. The number of hydrogen-bond donors (Lipinski definition) is 1. The minimum Gasteiger partial charge on any atom is -0.484 e. The minimum absolute atomic E-state index is 0.0111. The van der Waals surface area contributed by atoms with Gasteiger partial charge in [0.1, 0.15) is 17.7 Å². The van der Waals surface area contributed by atoms with Gasteiger partial charge in [0.2, 0.25) is 0 Å². The lowest BCUT2D eigenvalue weighted by molar-refractivity contribution is 0.164. The van der Waals surface area contributed by atoms with Crippen LogP contribution in [0.2, 0.25) is 0 Å². The molecule has 1 aliphatic heterocycles. The predicted molar refractivity (Wildman–Crippen MR) is 65.6 cm³/mol. The number of nitrogens with two attached hydrogens (primary N) is 1. The first-order chi connectivity index (χ1) is 8.24. The number of halogens is 1. The predicted octanol–water partition coefficient (Wildman–Crippen LogP) is 3.41. The van der Waals surface area contributed by atoms with Gasteiger partial charge in [-0.3, -0.25) is 0 Å². The van der Waals surface area contributed by atoms with E-state index < -0.39 is 0 Å². The third kappa shape index (κ3) is 1.94. The molecule has 1 aromatic heterocycles. The van der Waals surface area contributed by atoms with Crippen LogP contribution < -0.4 is 10.5 Å². The van der Waals surface area contributed by atoms with Crippen molar-refractivity contribution in [2.24, 2.45) is 5.73 Å². The maximum atomic E-state index is 13.1. The first-order valence-corrected chi connectivity index (χ1v) is 6.37. The first kappa shape index (κ1) is 10.7. The van der Waals surface area contributed by atoms with Crippen LogP contribution in [0.25, 0.3) is 0 Å². The molecular formula is C13H12FNOS. The molecule has 2 nitrogen and oxygen atoms in total. The fourth-order valence-electron chi connectivity index (χ4n) is 2.12. The van der Waals surface area contributed by atoms with E-state index in [2.05, 4.69) is 0 Å². The van der Waals surface area contributed by atoms with E-state index in [9.17, 15) is 4.39 Å². The molecule has 0 bridgehead atoms. The molecular weight excluding hydrogens is 237 g/mol. The van der Waals surface area contributed by atoms with Crippen molar-refractivity contribution >= 4 is 11.3 Å². The molecule has 0 fully saturated rings. The van der Waals surface area contributed by atoms with Crippen molar-refractivity contribution in [3.8, 4) is 5.75 Å². The van der Waals surface area contributed by atoms with Gasteiger partial charge in [-0.2, -0.15) is 0 Å². The van der Waals surface area contributed by atoms with Gasteiger partial charge in [0, 0.05) is 22.9 Å². The van der Waals surface area contributed by atoms with Crippen LogP contribution in [0.3, 0.4) is 0 Å². The lowest BCUT2D eigenvalue weighted by Crippen LogP contribution is -2.23. The summed E-state index contributed by atoms with van der Waals surface area (Å²) >= 11 is 1.65. The normalized spacial score (nSPS) is 22.9. The van der Waals surface area contributed by atoms with Crippen molar-refractivity contribution in [3.05, 3.63) is 52.0 Å². The topological polar surface area (TPSA) is 35.2 Å². The Hall–Kier alpha value is -1.39. The summed E-state index contributed by atoms with van der Waals surface area (Å²) in [5.41, 5.74) is 6.83. The van der Waals surface area contributed by atoms with Crippen molar-refractivity contribution in [1.29, 1.82) is 0 Å². The maximum Gasteiger partial charge on any atom is 0.135 e. The Kier molecular flexibility index (Phi) is 2.61. The summed E-state index contributed by atoms with van der Waals surface area (Å²) in [5.74, 6) is 0.431. The fourth-order valence-corrected chi connectivity index (χ4v) is 2.89. The van der Waals surface area contributed by atoms with Crippen LogP contribution in [0.1, 0.15) is 29.0 Å². The van der Waals surface area contributed by atoms with Gasteiger partial charge in [-0.25, -0.2) is 4.39 Å². The maximum absolute atomic E-state index is 13.1. The summed E-state index contributed by atoms with van der Waals surface area (Å²) in [6.45, 7) is 0. The second kappa shape index (κ2) is 4.13. The highest BCUT2D eigenvalue weighted by molar-refractivity contribution is 7.10. The van der Waals surface area contributed by atoms with Crippen molar-refractivity contribution in [2.45, 2.75) is 18.6 Å². The van der Waals surface area contributed by atoms with Crippen molar-refractivity contribution in [3.63, 3.8) is 0 Å². The molecule has 2 atom stereocenters. The molecule has 2 aromatic rings. The standard InChI is InChI=1S/C13H12FNOS/c14-8-3-4-11-9(6-8)10(15)7-12(16-11)13-2-1-5-17-13/h1-6,10,12H,7,15H2. The summed E-state index contributed by atoms with van der Waals surface area (Å²) in [6.07, 6.45) is 0.680. The second-order valence-corrected chi connectivity index (χ2v) is 5.13. The molecule has 4 heteroatoms. The van der Waals surface area contributed by atoms with E-state index in [1.54, 1.807) is 17.4 Å². The van der Waals surface area contributed by atoms with Gasteiger partial charge in [0.25, 0.3) is 0 Å². The molecule has 0 spiro atoms. The van der Waals surface area contributed by atoms with Crippen LogP contribution in [0.4, 0.5) is 4.39 Å². The molecule has 0 amide bonds. The molecule has 2 N–H and O–H groups in total. The number of thiophene rings is 1. The third-order valence-electron chi connectivity index (χ3n) is 2.97.